The molecule has 92 valence electrons. The van der Waals surface area contributed by atoms with Crippen LogP contribution in [0.2, 0.25) is 0 Å². The molecule has 5 heteroatoms. The lowest BCUT2D eigenvalue weighted by Gasteiger charge is -2.31. The average molecular weight is 238 g/mol. The number of likely N-dealkylation sites (tertiary alicyclic amines) is 1. The van der Waals surface area contributed by atoms with Gasteiger partial charge in [0.25, 0.3) is 5.91 Å². The molecule has 0 unspecified atom stereocenters. The molecule has 0 radical (unpaired) electrons. The number of aliphatic hydroxyl groups is 1. The predicted molar refractivity (Wildman–Crippen MR) is 59.9 cm³/mol. The maximum Gasteiger partial charge on any atom is 0.255 e. The van der Waals surface area contributed by atoms with E-state index in [9.17, 15) is 9.18 Å². The minimum Gasteiger partial charge on any atom is -0.396 e. The first kappa shape index (κ1) is 12.0. The molecule has 1 atom stereocenters. The molecule has 1 saturated heterocycles. The molecule has 1 aliphatic rings. The van der Waals surface area contributed by atoms with Gasteiger partial charge < -0.3 is 10.0 Å². The van der Waals surface area contributed by atoms with Gasteiger partial charge in [-0.05, 0) is 30.9 Å². The van der Waals surface area contributed by atoms with Crippen LogP contribution in [-0.2, 0) is 0 Å². The number of aliphatic hydroxyl groups excluding tert-OH is 1. The second kappa shape index (κ2) is 5.23. The van der Waals surface area contributed by atoms with E-state index >= 15 is 0 Å². The molecule has 2 heterocycles. The van der Waals surface area contributed by atoms with Crippen molar-refractivity contribution in [2.75, 3.05) is 19.7 Å². The summed E-state index contributed by atoms with van der Waals surface area (Å²) < 4.78 is 12.6. The van der Waals surface area contributed by atoms with Gasteiger partial charge in [0.1, 0.15) is 0 Å². The second-order valence-electron chi connectivity index (χ2n) is 4.31. The van der Waals surface area contributed by atoms with E-state index in [0.717, 1.165) is 12.8 Å². The van der Waals surface area contributed by atoms with Gasteiger partial charge in [-0.1, -0.05) is 0 Å². The zero-order chi connectivity index (χ0) is 12.3. The SMILES string of the molecule is O=C(c1ccc(F)nc1)N1CCC[C@@H](CO)C1. The van der Waals surface area contributed by atoms with E-state index in [2.05, 4.69) is 4.98 Å². The van der Waals surface area contributed by atoms with Crippen LogP contribution in [0.4, 0.5) is 4.39 Å². The number of carbonyl (C=O) groups excluding carboxylic acids is 1. The predicted octanol–water partition coefficient (Wildman–Crippen LogP) is 1.07. The van der Waals surface area contributed by atoms with Crippen molar-refractivity contribution in [2.24, 2.45) is 5.92 Å². The van der Waals surface area contributed by atoms with Gasteiger partial charge >= 0.3 is 0 Å². The highest BCUT2D eigenvalue weighted by Crippen LogP contribution is 2.17. The first-order chi connectivity index (χ1) is 8.20. The molecule has 17 heavy (non-hydrogen) atoms. The van der Waals surface area contributed by atoms with E-state index in [1.54, 1.807) is 4.90 Å². The Hall–Kier alpha value is -1.49. The van der Waals surface area contributed by atoms with Gasteiger partial charge in [-0.3, -0.25) is 4.79 Å². The summed E-state index contributed by atoms with van der Waals surface area (Å²) in [5.41, 5.74) is 0.394. The third-order valence-electron chi connectivity index (χ3n) is 3.04. The first-order valence-corrected chi connectivity index (χ1v) is 5.72. The van der Waals surface area contributed by atoms with E-state index in [1.165, 1.54) is 18.3 Å². The van der Waals surface area contributed by atoms with Crippen molar-refractivity contribution in [3.8, 4) is 0 Å². The van der Waals surface area contributed by atoms with E-state index in [0.29, 0.717) is 18.7 Å². The Morgan fingerprint density at radius 3 is 3.06 bits per heavy atom. The normalized spacial score (nSPS) is 20.4. The number of carbonyl (C=O) groups is 1. The maximum absolute atomic E-state index is 12.6. The molecule has 0 bridgehead atoms. The summed E-state index contributed by atoms with van der Waals surface area (Å²) in [7, 11) is 0. The van der Waals surface area contributed by atoms with Gasteiger partial charge in [-0.15, -0.1) is 0 Å². The van der Waals surface area contributed by atoms with Gasteiger partial charge in [0, 0.05) is 25.9 Å². The molecule has 0 aliphatic carbocycles. The summed E-state index contributed by atoms with van der Waals surface area (Å²) in [6.45, 7) is 1.35. The molecule has 1 aromatic rings. The smallest absolute Gasteiger partial charge is 0.255 e. The van der Waals surface area contributed by atoms with Crippen molar-refractivity contribution in [3.63, 3.8) is 0 Å². The van der Waals surface area contributed by atoms with E-state index in [-0.39, 0.29) is 18.4 Å². The summed E-state index contributed by atoms with van der Waals surface area (Å²) in [5, 5.41) is 9.10. The molecule has 0 spiro atoms. The maximum atomic E-state index is 12.6. The number of hydrogen-bond donors (Lipinski definition) is 1. The molecule has 4 nitrogen and oxygen atoms in total. The number of piperidine rings is 1. The van der Waals surface area contributed by atoms with Crippen LogP contribution in [0, 0.1) is 11.9 Å². The minimum absolute atomic E-state index is 0.103. The number of hydrogen-bond acceptors (Lipinski definition) is 3. The molecular formula is C12H15FN2O2. The molecule has 0 saturated carbocycles. The Morgan fingerprint density at radius 1 is 1.59 bits per heavy atom. The van der Waals surface area contributed by atoms with Crippen LogP contribution in [0.5, 0.6) is 0 Å². The van der Waals surface area contributed by atoms with E-state index < -0.39 is 5.95 Å². The number of aromatic nitrogens is 1. The molecular weight excluding hydrogens is 223 g/mol. The highest BCUT2D eigenvalue weighted by molar-refractivity contribution is 5.93. The third-order valence-corrected chi connectivity index (χ3v) is 3.04. The quantitative estimate of drug-likeness (QED) is 0.784. The minimum atomic E-state index is -0.589. The number of amides is 1. The molecule has 0 aromatic carbocycles. The lowest BCUT2D eigenvalue weighted by atomic mass is 9.98. The fraction of sp³-hybridized carbons (Fsp3) is 0.500. The standard InChI is InChI=1S/C12H15FN2O2/c13-11-4-3-10(6-14-11)12(17)15-5-1-2-9(7-15)8-16/h3-4,6,9,16H,1-2,5,7-8H2/t9-/m1/s1. The average Bonchev–Trinajstić information content (AvgIpc) is 2.39. The van der Waals surface area contributed by atoms with Crippen LogP contribution >= 0.6 is 0 Å². The zero-order valence-corrected chi connectivity index (χ0v) is 9.47. The number of pyridine rings is 1. The summed E-state index contributed by atoms with van der Waals surface area (Å²) in [6.07, 6.45) is 3.09. The Kier molecular flexibility index (Phi) is 3.68. The number of halogens is 1. The van der Waals surface area contributed by atoms with Crippen LogP contribution in [-0.4, -0.2) is 40.6 Å². The topological polar surface area (TPSA) is 53.4 Å². The summed E-state index contributed by atoms with van der Waals surface area (Å²) >= 11 is 0. The zero-order valence-electron chi connectivity index (χ0n) is 9.47. The van der Waals surface area contributed by atoms with Crippen molar-refractivity contribution < 1.29 is 14.3 Å². The van der Waals surface area contributed by atoms with Crippen molar-refractivity contribution in [2.45, 2.75) is 12.8 Å². The Labute approximate surface area is 99.1 Å². The molecule has 1 fully saturated rings. The Morgan fingerprint density at radius 2 is 2.41 bits per heavy atom. The highest BCUT2D eigenvalue weighted by Gasteiger charge is 2.24. The summed E-state index contributed by atoms with van der Waals surface area (Å²) in [5.74, 6) is -0.579. The lowest BCUT2D eigenvalue weighted by molar-refractivity contribution is 0.0620. The number of rotatable bonds is 2. The highest BCUT2D eigenvalue weighted by atomic mass is 19.1. The van der Waals surface area contributed by atoms with Gasteiger partial charge in [-0.25, -0.2) is 4.98 Å². The Balaban J connectivity index is 2.06. The molecule has 1 aliphatic heterocycles. The first-order valence-electron chi connectivity index (χ1n) is 5.72. The molecule has 1 N–H and O–H groups in total. The number of nitrogens with zero attached hydrogens (tertiary/aromatic N) is 2. The van der Waals surface area contributed by atoms with Crippen LogP contribution in [0.1, 0.15) is 23.2 Å². The van der Waals surface area contributed by atoms with Crippen molar-refractivity contribution in [1.82, 2.24) is 9.88 Å². The van der Waals surface area contributed by atoms with Crippen molar-refractivity contribution >= 4 is 5.91 Å². The van der Waals surface area contributed by atoms with Gasteiger partial charge in [0.15, 0.2) is 0 Å². The molecule has 2 rings (SSSR count). The monoisotopic (exact) mass is 238 g/mol. The fourth-order valence-electron chi connectivity index (χ4n) is 2.08. The largest absolute Gasteiger partial charge is 0.396 e. The van der Waals surface area contributed by atoms with Crippen LogP contribution in [0.25, 0.3) is 0 Å². The summed E-state index contributed by atoms with van der Waals surface area (Å²) in [4.78, 5) is 17.2. The van der Waals surface area contributed by atoms with Gasteiger partial charge in [0.2, 0.25) is 5.95 Å². The summed E-state index contributed by atoms with van der Waals surface area (Å²) in [6, 6.07) is 2.62. The second-order valence-corrected chi connectivity index (χ2v) is 4.31. The molecule has 1 aromatic heterocycles. The van der Waals surface area contributed by atoms with Crippen LogP contribution < -0.4 is 0 Å². The van der Waals surface area contributed by atoms with E-state index in [4.69, 9.17) is 5.11 Å². The van der Waals surface area contributed by atoms with Crippen molar-refractivity contribution in [3.05, 3.63) is 29.8 Å². The lowest BCUT2D eigenvalue weighted by Crippen LogP contribution is -2.41. The van der Waals surface area contributed by atoms with Crippen LogP contribution in [0.3, 0.4) is 0 Å². The van der Waals surface area contributed by atoms with Gasteiger partial charge in [-0.2, -0.15) is 4.39 Å². The van der Waals surface area contributed by atoms with Crippen LogP contribution in [0.15, 0.2) is 18.3 Å². The molecule has 1 amide bonds. The third kappa shape index (κ3) is 2.79. The van der Waals surface area contributed by atoms with Gasteiger partial charge in [0.05, 0.1) is 5.56 Å². The fourth-order valence-corrected chi connectivity index (χ4v) is 2.08. The van der Waals surface area contributed by atoms with Crippen molar-refractivity contribution in [1.29, 1.82) is 0 Å². The Bertz CT molecular complexity index is 394. The van der Waals surface area contributed by atoms with E-state index in [1.807, 2.05) is 0 Å².